The van der Waals surface area contributed by atoms with E-state index < -0.39 is 94.6 Å². The Hall–Kier alpha value is -4.95. The Labute approximate surface area is 315 Å². The molecule has 2 aliphatic rings. The third kappa shape index (κ3) is 9.40. The number of ether oxygens (including phenoxy) is 5. The van der Waals surface area contributed by atoms with Crippen molar-refractivity contribution in [3.8, 4) is 0 Å². The van der Waals surface area contributed by atoms with E-state index in [2.05, 4.69) is 11.6 Å². The summed E-state index contributed by atoms with van der Waals surface area (Å²) >= 11 is 0. The standard InChI is InChI=1S/C40H51NO13/c1-12-21(3)34(44)52-31-24(6)30(51-26(8)43)28-29(50-25(7)42)23(5)19-40(28,49)37(47)39(11,48)17-16-38(9,10)33(32(31)53-35(45)22(4)13-2)54-36(46)27-15-14-18-41-20-27/h12-18,20,23,28-33,48-49H,6,19H2,1-5,7-11H3/t23-,28+,29-,30-,31-,32+,33+,39+,40+/m0/s1. The van der Waals surface area contributed by atoms with Crippen LogP contribution in [0.25, 0.3) is 0 Å². The fourth-order valence-corrected chi connectivity index (χ4v) is 6.73. The van der Waals surface area contributed by atoms with E-state index in [-0.39, 0.29) is 28.7 Å². The highest BCUT2D eigenvalue weighted by molar-refractivity contribution is 5.97. The number of fused-ring (bicyclic) bond motifs is 1. The molecule has 1 aromatic rings. The zero-order valence-corrected chi connectivity index (χ0v) is 32.4. The molecule has 0 saturated heterocycles. The van der Waals surface area contributed by atoms with E-state index in [0.29, 0.717) is 0 Å². The average molecular weight is 754 g/mol. The van der Waals surface area contributed by atoms with Crippen molar-refractivity contribution in [2.75, 3.05) is 0 Å². The molecular weight excluding hydrogens is 702 g/mol. The quantitative estimate of drug-likeness (QED) is 0.166. The van der Waals surface area contributed by atoms with Crippen molar-refractivity contribution in [3.05, 3.63) is 77.7 Å². The Morgan fingerprint density at radius 1 is 0.833 bits per heavy atom. The first-order valence-corrected chi connectivity index (χ1v) is 17.5. The van der Waals surface area contributed by atoms with E-state index in [1.807, 2.05) is 0 Å². The van der Waals surface area contributed by atoms with Gasteiger partial charge in [0.1, 0.15) is 23.4 Å². The number of nitrogens with zero attached hydrogens (tertiary/aromatic N) is 1. The smallest absolute Gasteiger partial charge is 0.340 e. The number of carbonyl (C=O) groups excluding carboxylic acids is 6. The van der Waals surface area contributed by atoms with Crippen LogP contribution in [0.5, 0.6) is 0 Å². The lowest BCUT2D eigenvalue weighted by Gasteiger charge is -2.44. The first kappa shape index (κ1) is 43.5. The van der Waals surface area contributed by atoms with Gasteiger partial charge < -0.3 is 33.9 Å². The molecule has 14 heteroatoms. The van der Waals surface area contributed by atoms with Crippen LogP contribution in [0.2, 0.25) is 0 Å². The van der Waals surface area contributed by atoms with Gasteiger partial charge in [-0.2, -0.15) is 0 Å². The first-order valence-electron chi connectivity index (χ1n) is 17.5. The summed E-state index contributed by atoms with van der Waals surface area (Å²) in [6.07, 6.45) is -0.676. The summed E-state index contributed by atoms with van der Waals surface area (Å²) in [5, 5.41) is 24.2. The lowest BCUT2D eigenvalue weighted by Crippen LogP contribution is -2.60. The Morgan fingerprint density at radius 3 is 1.93 bits per heavy atom. The topological polar surface area (TPSA) is 202 Å². The molecule has 14 nitrogen and oxygen atoms in total. The maximum atomic E-state index is 14.4. The molecule has 0 aliphatic heterocycles. The molecule has 2 aliphatic carbocycles. The summed E-state index contributed by atoms with van der Waals surface area (Å²) in [4.78, 5) is 85.0. The Balaban J connectivity index is 2.54. The average Bonchev–Trinajstić information content (AvgIpc) is 3.36. The van der Waals surface area contributed by atoms with Crippen molar-refractivity contribution in [3.63, 3.8) is 0 Å². The van der Waals surface area contributed by atoms with Crippen molar-refractivity contribution in [2.24, 2.45) is 17.3 Å². The number of rotatable bonds is 8. The molecule has 0 bridgehead atoms. The highest BCUT2D eigenvalue weighted by Gasteiger charge is 2.65. The molecule has 0 spiro atoms. The number of aromatic nitrogens is 1. The van der Waals surface area contributed by atoms with Gasteiger partial charge in [0.05, 0.1) is 11.5 Å². The summed E-state index contributed by atoms with van der Waals surface area (Å²) < 4.78 is 29.7. The number of ketones is 1. The van der Waals surface area contributed by atoms with Crippen LogP contribution in [0, 0.1) is 17.3 Å². The van der Waals surface area contributed by atoms with Crippen molar-refractivity contribution in [1.29, 1.82) is 0 Å². The molecule has 1 fully saturated rings. The van der Waals surface area contributed by atoms with Crippen LogP contribution in [0.15, 0.2) is 72.1 Å². The third-order valence-electron chi connectivity index (χ3n) is 9.89. The van der Waals surface area contributed by atoms with Gasteiger partial charge in [-0.05, 0) is 65.2 Å². The predicted molar refractivity (Wildman–Crippen MR) is 193 cm³/mol. The zero-order valence-electron chi connectivity index (χ0n) is 32.4. The summed E-state index contributed by atoms with van der Waals surface area (Å²) in [5.41, 5.74) is -6.58. The summed E-state index contributed by atoms with van der Waals surface area (Å²) in [6.45, 7) is 18.2. The maximum absolute atomic E-state index is 14.4. The van der Waals surface area contributed by atoms with Crippen molar-refractivity contribution in [2.45, 2.75) is 117 Å². The molecule has 9 atom stereocenters. The van der Waals surface area contributed by atoms with E-state index in [1.54, 1.807) is 34.6 Å². The molecular formula is C40H51NO13. The van der Waals surface area contributed by atoms with Crippen LogP contribution in [0.3, 0.4) is 0 Å². The van der Waals surface area contributed by atoms with Crippen LogP contribution in [-0.2, 0) is 47.7 Å². The first-order chi connectivity index (χ1) is 25.0. The second kappa shape index (κ2) is 17.0. The number of Topliss-reactive ketones (excluding diaryl/α,β-unsaturated/α-hetero) is 1. The van der Waals surface area contributed by atoms with Gasteiger partial charge in [-0.15, -0.1) is 0 Å². The van der Waals surface area contributed by atoms with Crippen molar-refractivity contribution < 1.29 is 62.7 Å². The number of pyridine rings is 1. The number of aliphatic hydroxyl groups is 2. The molecule has 2 N–H and O–H groups in total. The van der Waals surface area contributed by atoms with Crippen molar-refractivity contribution >= 4 is 35.6 Å². The van der Waals surface area contributed by atoms with E-state index >= 15 is 0 Å². The minimum atomic E-state index is -2.55. The molecule has 1 saturated carbocycles. The lowest BCUT2D eigenvalue weighted by molar-refractivity contribution is -0.184. The van der Waals surface area contributed by atoms with Gasteiger partial charge in [0.2, 0.25) is 0 Å². The Kier molecular flexibility index (Phi) is 13.7. The molecule has 294 valence electrons. The number of esters is 5. The van der Waals surface area contributed by atoms with Crippen LogP contribution < -0.4 is 0 Å². The Bertz CT molecular complexity index is 1740. The predicted octanol–water partition coefficient (Wildman–Crippen LogP) is 4.09. The fraction of sp³-hybridized carbons (Fsp3) is 0.525. The molecule has 0 amide bonds. The molecule has 1 heterocycles. The fourth-order valence-electron chi connectivity index (χ4n) is 6.73. The Morgan fingerprint density at radius 2 is 1.41 bits per heavy atom. The number of hydrogen-bond donors (Lipinski definition) is 2. The van der Waals surface area contributed by atoms with Gasteiger partial charge in [-0.25, -0.2) is 14.4 Å². The second-order valence-electron chi connectivity index (χ2n) is 14.6. The molecule has 1 aromatic heterocycles. The lowest BCUT2D eigenvalue weighted by atomic mass is 9.71. The minimum Gasteiger partial charge on any atom is -0.462 e. The van der Waals surface area contributed by atoms with Crippen LogP contribution >= 0.6 is 0 Å². The van der Waals surface area contributed by atoms with Gasteiger partial charge in [-0.1, -0.05) is 45.6 Å². The van der Waals surface area contributed by atoms with E-state index in [4.69, 9.17) is 23.7 Å². The van der Waals surface area contributed by atoms with E-state index in [1.165, 1.54) is 56.6 Å². The van der Waals surface area contributed by atoms with Crippen molar-refractivity contribution in [1.82, 2.24) is 4.98 Å². The SMILES string of the molecule is C=C1[C@H](OC(=O)C(C)=CC)[C@@H](OC(=O)C(C)=CC)[C@@H](OC(=O)c2cccnc2)C(C)(C)C=C[C@@](C)(O)C(=O)[C@@]2(O)C[C@H](C)[C@H](OC(C)=O)[C@@H]2[C@H]1OC(C)=O. The number of allylic oxidation sites excluding steroid dienone is 2. The maximum Gasteiger partial charge on any atom is 0.340 e. The second-order valence-corrected chi connectivity index (χ2v) is 14.6. The normalized spacial score (nSPS) is 31.6. The largest absolute Gasteiger partial charge is 0.462 e. The highest BCUT2D eigenvalue weighted by Crippen LogP contribution is 2.49. The third-order valence-corrected chi connectivity index (χ3v) is 9.89. The van der Waals surface area contributed by atoms with Gasteiger partial charge >= 0.3 is 29.8 Å². The monoisotopic (exact) mass is 753 g/mol. The van der Waals surface area contributed by atoms with Crippen LogP contribution in [0.4, 0.5) is 0 Å². The van der Waals surface area contributed by atoms with Gasteiger partial charge in [0, 0.05) is 48.4 Å². The minimum absolute atomic E-state index is 0.00411. The highest BCUT2D eigenvalue weighted by atomic mass is 16.6. The van der Waals surface area contributed by atoms with Gasteiger partial charge in [-0.3, -0.25) is 19.4 Å². The molecule has 0 unspecified atom stereocenters. The van der Waals surface area contributed by atoms with Gasteiger partial charge in [0.15, 0.2) is 24.1 Å². The molecule has 0 radical (unpaired) electrons. The molecule has 54 heavy (non-hydrogen) atoms. The van der Waals surface area contributed by atoms with E-state index in [9.17, 15) is 39.0 Å². The van der Waals surface area contributed by atoms with Gasteiger partial charge in [0.25, 0.3) is 0 Å². The molecule has 0 aromatic carbocycles. The summed E-state index contributed by atoms with van der Waals surface area (Å²) in [5.74, 6) is -8.05. The van der Waals surface area contributed by atoms with Crippen LogP contribution in [0.1, 0.15) is 86.0 Å². The van der Waals surface area contributed by atoms with Crippen LogP contribution in [-0.4, -0.2) is 92.5 Å². The number of hydrogen-bond acceptors (Lipinski definition) is 14. The van der Waals surface area contributed by atoms with E-state index in [0.717, 1.165) is 26.8 Å². The number of carbonyl (C=O) groups is 6. The molecule has 3 rings (SSSR count). The zero-order chi connectivity index (χ0) is 40.9. The summed E-state index contributed by atoms with van der Waals surface area (Å²) in [6, 6.07) is 2.93. The summed E-state index contributed by atoms with van der Waals surface area (Å²) in [7, 11) is 0.